The first kappa shape index (κ1) is 20.3. The molecule has 0 atom stereocenters. The summed E-state index contributed by atoms with van der Waals surface area (Å²) in [6.45, 7) is 4.85. The third-order valence-corrected chi connectivity index (χ3v) is 5.11. The molecule has 0 bridgehead atoms. The van der Waals surface area contributed by atoms with Crippen LogP contribution in [0.25, 0.3) is 11.0 Å². The van der Waals surface area contributed by atoms with Gasteiger partial charge < -0.3 is 23.9 Å². The summed E-state index contributed by atoms with van der Waals surface area (Å²) in [4.78, 5) is 15.2. The summed E-state index contributed by atoms with van der Waals surface area (Å²) in [6.07, 6.45) is 0. The van der Waals surface area contributed by atoms with E-state index in [1.165, 1.54) is 0 Å². The summed E-state index contributed by atoms with van der Waals surface area (Å²) in [5.41, 5.74) is 1.60. The molecule has 4 rings (SSSR count). The van der Waals surface area contributed by atoms with Crippen LogP contribution in [-0.2, 0) is 11.3 Å². The lowest BCUT2D eigenvalue weighted by Crippen LogP contribution is -2.38. The molecule has 0 saturated carbocycles. The molecule has 2 heterocycles. The molecule has 0 aliphatic carbocycles. The molecule has 0 unspecified atom stereocenters. The van der Waals surface area contributed by atoms with E-state index in [-0.39, 0.29) is 11.7 Å². The smallest absolute Gasteiger partial charge is 0.291 e. The first-order chi connectivity index (χ1) is 14.7. The van der Waals surface area contributed by atoms with Crippen LogP contribution in [0, 0.1) is 0 Å². The number of ether oxygens (including phenoxy) is 3. The summed E-state index contributed by atoms with van der Waals surface area (Å²) in [6, 6.07) is 15.2. The van der Waals surface area contributed by atoms with E-state index in [0.29, 0.717) is 30.2 Å². The number of methoxy groups -OCH3 is 1. The lowest BCUT2D eigenvalue weighted by molar-refractivity contribution is 0.0322. The molecule has 7 nitrogen and oxygen atoms in total. The zero-order valence-electron chi connectivity index (χ0n) is 17.1. The monoisotopic (exact) mass is 410 g/mol. The SMILES string of the molecule is COc1ccc2oc(C(=O)NCc3ccccc3)c(OCCN3CCOCC3)c2c1. The van der Waals surface area contributed by atoms with Gasteiger partial charge in [0, 0.05) is 26.2 Å². The molecule has 1 aliphatic heterocycles. The minimum Gasteiger partial charge on any atom is -0.497 e. The molecule has 7 heteroatoms. The maximum Gasteiger partial charge on any atom is 0.291 e. The largest absolute Gasteiger partial charge is 0.497 e. The van der Waals surface area contributed by atoms with Crippen molar-refractivity contribution in [1.82, 2.24) is 10.2 Å². The van der Waals surface area contributed by atoms with Crippen molar-refractivity contribution in [3.05, 3.63) is 59.9 Å². The van der Waals surface area contributed by atoms with Crippen molar-refractivity contribution >= 4 is 16.9 Å². The predicted octanol–water partition coefficient (Wildman–Crippen LogP) is 3.08. The predicted molar refractivity (Wildman–Crippen MR) is 113 cm³/mol. The Morgan fingerprint density at radius 2 is 1.93 bits per heavy atom. The number of rotatable bonds is 8. The topological polar surface area (TPSA) is 73.2 Å². The lowest BCUT2D eigenvalue weighted by Gasteiger charge is -2.26. The average molecular weight is 410 g/mol. The Balaban J connectivity index is 1.52. The van der Waals surface area contributed by atoms with Crippen LogP contribution in [0.3, 0.4) is 0 Å². The van der Waals surface area contributed by atoms with Gasteiger partial charge in [-0.05, 0) is 23.8 Å². The van der Waals surface area contributed by atoms with Crippen molar-refractivity contribution < 1.29 is 23.4 Å². The van der Waals surface area contributed by atoms with Gasteiger partial charge in [-0.3, -0.25) is 9.69 Å². The van der Waals surface area contributed by atoms with E-state index in [4.69, 9.17) is 18.6 Å². The molecule has 1 N–H and O–H groups in total. The third kappa shape index (κ3) is 4.75. The number of benzene rings is 2. The van der Waals surface area contributed by atoms with Gasteiger partial charge in [0.2, 0.25) is 5.76 Å². The fraction of sp³-hybridized carbons (Fsp3) is 0.348. The second-order valence-electron chi connectivity index (χ2n) is 7.09. The van der Waals surface area contributed by atoms with E-state index in [1.807, 2.05) is 36.4 Å². The Morgan fingerprint density at radius 3 is 2.70 bits per heavy atom. The van der Waals surface area contributed by atoms with Gasteiger partial charge in [-0.15, -0.1) is 0 Å². The van der Waals surface area contributed by atoms with Crippen molar-refractivity contribution in [2.75, 3.05) is 46.6 Å². The molecule has 1 aliphatic rings. The maximum absolute atomic E-state index is 12.9. The van der Waals surface area contributed by atoms with Gasteiger partial charge >= 0.3 is 0 Å². The van der Waals surface area contributed by atoms with Crippen LogP contribution in [0.4, 0.5) is 0 Å². The van der Waals surface area contributed by atoms with Crippen LogP contribution in [0.2, 0.25) is 0 Å². The first-order valence-corrected chi connectivity index (χ1v) is 10.1. The van der Waals surface area contributed by atoms with Gasteiger partial charge in [-0.2, -0.15) is 0 Å². The average Bonchev–Trinajstić information content (AvgIpc) is 3.16. The number of carbonyl (C=O) groups excluding carboxylic acids is 1. The summed E-state index contributed by atoms with van der Waals surface area (Å²) in [5, 5.41) is 3.64. The summed E-state index contributed by atoms with van der Waals surface area (Å²) < 4.78 is 22.7. The highest BCUT2D eigenvalue weighted by molar-refractivity contribution is 6.01. The summed E-state index contributed by atoms with van der Waals surface area (Å²) >= 11 is 0. The zero-order valence-corrected chi connectivity index (χ0v) is 17.1. The van der Waals surface area contributed by atoms with E-state index in [0.717, 1.165) is 43.8 Å². The molecule has 1 fully saturated rings. The van der Waals surface area contributed by atoms with Gasteiger partial charge in [-0.1, -0.05) is 30.3 Å². The molecule has 1 aromatic heterocycles. The zero-order chi connectivity index (χ0) is 20.8. The van der Waals surface area contributed by atoms with Crippen LogP contribution in [0.1, 0.15) is 16.1 Å². The Labute approximate surface area is 175 Å². The van der Waals surface area contributed by atoms with Crippen molar-refractivity contribution in [3.63, 3.8) is 0 Å². The van der Waals surface area contributed by atoms with E-state index < -0.39 is 0 Å². The van der Waals surface area contributed by atoms with E-state index in [9.17, 15) is 4.79 Å². The van der Waals surface area contributed by atoms with E-state index in [1.54, 1.807) is 19.2 Å². The summed E-state index contributed by atoms with van der Waals surface area (Å²) in [7, 11) is 1.60. The number of hydrogen-bond acceptors (Lipinski definition) is 6. The number of amides is 1. The van der Waals surface area contributed by atoms with Crippen LogP contribution < -0.4 is 14.8 Å². The number of nitrogens with one attached hydrogen (secondary N) is 1. The van der Waals surface area contributed by atoms with Gasteiger partial charge in [-0.25, -0.2) is 0 Å². The molecular weight excluding hydrogens is 384 g/mol. The fourth-order valence-corrected chi connectivity index (χ4v) is 3.43. The van der Waals surface area contributed by atoms with Crippen LogP contribution in [0.15, 0.2) is 52.9 Å². The molecule has 158 valence electrons. The Bertz CT molecular complexity index is 980. The van der Waals surface area contributed by atoms with Crippen molar-refractivity contribution in [2.45, 2.75) is 6.54 Å². The molecule has 3 aromatic rings. The molecule has 2 aromatic carbocycles. The highest BCUT2D eigenvalue weighted by Gasteiger charge is 2.23. The quantitative estimate of drug-likeness (QED) is 0.615. The third-order valence-electron chi connectivity index (χ3n) is 5.11. The highest BCUT2D eigenvalue weighted by Crippen LogP contribution is 2.35. The first-order valence-electron chi connectivity index (χ1n) is 10.1. The normalized spacial score (nSPS) is 14.6. The number of morpholine rings is 1. The van der Waals surface area contributed by atoms with Gasteiger partial charge in [0.1, 0.15) is 17.9 Å². The van der Waals surface area contributed by atoms with Gasteiger partial charge in [0.15, 0.2) is 5.75 Å². The van der Waals surface area contributed by atoms with Gasteiger partial charge in [0.05, 0.1) is 25.7 Å². The Kier molecular flexibility index (Phi) is 6.51. The molecule has 0 spiro atoms. The van der Waals surface area contributed by atoms with E-state index >= 15 is 0 Å². The fourth-order valence-electron chi connectivity index (χ4n) is 3.43. The second-order valence-corrected chi connectivity index (χ2v) is 7.09. The number of furan rings is 1. The van der Waals surface area contributed by atoms with Crippen molar-refractivity contribution in [2.24, 2.45) is 0 Å². The maximum atomic E-state index is 12.9. The number of carbonyl (C=O) groups is 1. The molecule has 1 amide bonds. The molecular formula is C23H26N2O5. The van der Waals surface area contributed by atoms with Crippen LogP contribution in [0.5, 0.6) is 11.5 Å². The molecule has 0 radical (unpaired) electrons. The van der Waals surface area contributed by atoms with Gasteiger partial charge in [0.25, 0.3) is 5.91 Å². The second kappa shape index (κ2) is 9.65. The minimum absolute atomic E-state index is 0.177. The summed E-state index contributed by atoms with van der Waals surface area (Å²) in [5.74, 6) is 0.992. The minimum atomic E-state index is -0.310. The number of fused-ring (bicyclic) bond motifs is 1. The highest BCUT2D eigenvalue weighted by atomic mass is 16.5. The van der Waals surface area contributed by atoms with Crippen LogP contribution >= 0.6 is 0 Å². The number of nitrogens with zero attached hydrogens (tertiary/aromatic N) is 1. The lowest BCUT2D eigenvalue weighted by atomic mass is 10.2. The number of hydrogen-bond donors (Lipinski definition) is 1. The van der Waals surface area contributed by atoms with Crippen molar-refractivity contribution in [1.29, 1.82) is 0 Å². The Morgan fingerprint density at radius 1 is 1.13 bits per heavy atom. The van der Waals surface area contributed by atoms with Crippen molar-refractivity contribution in [3.8, 4) is 11.5 Å². The molecule has 1 saturated heterocycles. The van der Waals surface area contributed by atoms with Crippen LogP contribution in [-0.4, -0.2) is 57.4 Å². The Hall–Kier alpha value is -3.03. The van der Waals surface area contributed by atoms with E-state index in [2.05, 4.69) is 10.2 Å². The molecule has 30 heavy (non-hydrogen) atoms. The standard InChI is InChI=1S/C23H26N2O5/c1-27-18-7-8-20-19(15-18)21(29-14-11-25-9-12-28-13-10-25)22(30-20)23(26)24-16-17-5-3-2-4-6-17/h2-8,15H,9-14,16H2,1H3,(H,24,26).